The van der Waals surface area contributed by atoms with Crippen molar-refractivity contribution in [3.05, 3.63) is 215 Å². The zero-order valence-corrected chi connectivity index (χ0v) is 32.2. The lowest BCUT2D eigenvalue weighted by molar-refractivity contribution is 0.729. The number of nitrogens with zero attached hydrogens (tertiary/aromatic N) is 2. The van der Waals surface area contributed by atoms with Gasteiger partial charge in [0.1, 0.15) is 0 Å². The van der Waals surface area contributed by atoms with Gasteiger partial charge in [0.05, 0.1) is 16.6 Å². The maximum Gasteiger partial charge on any atom is 0.161 e. The molecule has 0 N–H and O–H groups in total. The number of rotatable bonds is 3. The fourth-order valence-corrected chi connectivity index (χ4v) is 11.2. The Hall–Kier alpha value is -6.52. The molecule has 0 atom stereocenters. The first-order valence-electron chi connectivity index (χ1n) is 19.3. The van der Waals surface area contributed by atoms with Gasteiger partial charge in [0.15, 0.2) is 5.82 Å². The van der Waals surface area contributed by atoms with Crippen molar-refractivity contribution in [1.82, 2.24) is 9.97 Å². The summed E-state index contributed by atoms with van der Waals surface area (Å²) in [7, 11) is 0. The number of hydrogen-bond acceptors (Lipinski definition) is 3. The van der Waals surface area contributed by atoms with E-state index in [1.54, 1.807) is 0 Å². The Kier molecular flexibility index (Phi) is 7.17. The van der Waals surface area contributed by atoms with Crippen LogP contribution in [0.15, 0.2) is 198 Å². The minimum absolute atomic E-state index is 0.512. The number of benzene rings is 9. The highest BCUT2D eigenvalue weighted by Crippen LogP contribution is 2.64. The van der Waals surface area contributed by atoms with Gasteiger partial charge < -0.3 is 0 Å². The summed E-state index contributed by atoms with van der Waals surface area (Å²) in [6.07, 6.45) is 0. The summed E-state index contributed by atoms with van der Waals surface area (Å²) in [4.78, 5) is 13.1. The third-order valence-corrected chi connectivity index (χ3v) is 13.5. The Morgan fingerprint density at radius 1 is 0.404 bits per heavy atom. The van der Waals surface area contributed by atoms with Crippen LogP contribution >= 0.6 is 23.4 Å². The zero-order chi connectivity index (χ0) is 37.7. The van der Waals surface area contributed by atoms with Crippen LogP contribution in [-0.2, 0) is 5.41 Å². The van der Waals surface area contributed by atoms with E-state index < -0.39 is 5.41 Å². The topological polar surface area (TPSA) is 25.8 Å². The van der Waals surface area contributed by atoms with Crippen molar-refractivity contribution < 1.29 is 0 Å². The van der Waals surface area contributed by atoms with Crippen molar-refractivity contribution in [2.45, 2.75) is 15.2 Å². The van der Waals surface area contributed by atoms with Crippen molar-refractivity contribution in [1.29, 1.82) is 0 Å². The molecule has 2 nitrogen and oxygen atoms in total. The van der Waals surface area contributed by atoms with Crippen molar-refractivity contribution in [3.63, 3.8) is 0 Å². The molecule has 1 aliphatic heterocycles. The van der Waals surface area contributed by atoms with Crippen LogP contribution in [0.4, 0.5) is 0 Å². The molecule has 10 aromatic rings. The summed E-state index contributed by atoms with van der Waals surface area (Å²) in [5.41, 5.74) is 13.4. The molecule has 2 aliphatic rings. The second-order valence-electron chi connectivity index (χ2n) is 15.0. The second-order valence-corrected chi connectivity index (χ2v) is 16.4. The fraction of sp³-hybridized carbons (Fsp3) is 0.0189. The van der Waals surface area contributed by atoms with E-state index in [-0.39, 0.29) is 0 Å². The lowest BCUT2D eigenvalue weighted by Gasteiger charge is -2.40. The predicted molar refractivity (Wildman–Crippen MR) is 237 cm³/mol. The number of hydrogen-bond donors (Lipinski definition) is 0. The molecular formula is C53H31ClN2S. The lowest BCUT2D eigenvalue weighted by Crippen LogP contribution is -2.32. The van der Waals surface area contributed by atoms with Crippen LogP contribution in [0.3, 0.4) is 0 Å². The van der Waals surface area contributed by atoms with E-state index in [1.807, 2.05) is 30.0 Å². The molecule has 0 bridgehead atoms. The van der Waals surface area contributed by atoms with Crippen molar-refractivity contribution in [3.8, 4) is 44.9 Å². The highest BCUT2D eigenvalue weighted by atomic mass is 35.5. The first kappa shape index (κ1) is 32.7. The Labute approximate surface area is 339 Å². The molecule has 12 rings (SSSR count). The molecule has 57 heavy (non-hydrogen) atoms. The van der Waals surface area contributed by atoms with Gasteiger partial charge in [-0.25, -0.2) is 9.97 Å². The zero-order valence-electron chi connectivity index (χ0n) is 30.6. The first-order chi connectivity index (χ1) is 28.2. The molecule has 1 aliphatic carbocycles. The van der Waals surface area contributed by atoms with Gasteiger partial charge in [0, 0.05) is 31.3 Å². The van der Waals surface area contributed by atoms with Crippen LogP contribution in [0.25, 0.3) is 77.3 Å². The van der Waals surface area contributed by atoms with Crippen molar-refractivity contribution in [2.24, 2.45) is 0 Å². The molecule has 0 amide bonds. The number of halogens is 1. The van der Waals surface area contributed by atoms with E-state index in [0.717, 1.165) is 38.5 Å². The molecule has 1 spiro atoms. The van der Waals surface area contributed by atoms with Gasteiger partial charge in [-0.2, -0.15) is 0 Å². The number of fused-ring (bicyclic) bond motifs is 14. The van der Waals surface area contributed by atoms with Crippen LogP contribution in [0.5, 0.6) is 0 Å². The molecule has 2 heterocycles. The van der Waals surface area contributed by atoms with Gasteiger partial charge in [-0.05, 0) is 84.3 Å². The maximum absolute atomic E-state index is 7.21. The van der Waals surface area contributed by atoms with Crippen molar-refractivity contribution in [2.75, 3.05) is 0 Å². The lowest BCUT2D eigenvalue weighted by atomic mass is 9.66. The molecule has 9 aromatic carbocycles. The normalized spacial score (nSPS) is 13.4. The maximum atomic E-state index is 7.21. The van der Waals surface area contributed by atoms with Crippen LogP contribution in [0.2, 0.25) is 5.02 Å². The van der Waals surface area contributed by atoms with E-state index in [2.05, 4.69) is 170 Å². The molecule has 0 saturated heterocycles. The van der Waals surface area contributed by atoms with Gasteiger partial charge in [0.25, 0.3) is 0 Å². The third kappa shape index (κ3) is 4.74. The standard InChI is InChI=1S/C53H31ClN2S/c54-36-30-42-38(43(31-36)52-55-48-21-11-8-18-41(48)49(56-52)35-24-22-33(23-25-35)32-12-2-1-3-13-32)27-29-47-51(42)57-50-37-15-5-4-14-34(37)26-28-46(50)53(47)44-19-9-6-16-39(44)40-17-7-10-20-45(40)53/h1-31H. The molecule has 0 unspecified atom stereocenters. The van der Waals surface area contributed by atoms with Gasteiger partial charge in [-0.1, -0.05) is 193 Å². The van der Waals surface area contributed by atoms with Crippen LogP contribution in [-0.4, -0.2) is 9.97 Å². The molecule has 0 radical (unpaired) electrons. The van der Waals surface area contributed by atoms with E-state index in [4.69, 9.17) is 21.6 Å². The SMILES string of the molecule is Clc1cc(-c2nc(-c3ccc(-c4ccccc4)cc3)c3ccccc3n2)c2ccc3c(c2c1)Sc1c(ccc2ccccc12)C31c2ccccc2-c2ccccc21. The van der Waals surface area contributed by atoms with E-state index in [9.17, 15) is 0 Å². The van der Waals surface area contributed by atoms with Gasteiger partial charge >= 0.3 is 0 Å². The van der Waals surface area contributed by atoms with Crippen LogP contribution < -0.4 is 0 Å². The molecular weight excluding hydrogens is 732 g/mol. The largest absolute Gasteiger partial charge is 0.228 e. The summed E-state index contributed by atoms with van der Waals surface area (Å²) in [5, 5.41) is 6.33. The second kappa shape index (κ2) is 12.5. The highest BCUT2D eigenvalue weighted by molar-refractivity contribution is 8.00. The Balaban J connectivity index is 1.12. The Bertz CT molecular complexity index is 3240. The van der Waals surface area contributed by atoms with E-state index >= 15 is 0 Å². The minimum Gasteiger partial charge on any atom is -0.228 e. The smallest absolute Gasteiger partial charge is 0.161 e. The van der Waals surface area contributed by atoms with Crippen LogP contribution in [0, 0.1) is 0 Å². The molecule has 1 aromatic heterocycles. The first-order valence-corrected chi connectivity index (χ1v) is 20.5. The predicted octanol–water partition coefficient (Wildman–Crippen LogP) is 14.4. The van der Waals surface area contributed by atoms with E-state index in [0.29, 0.717) is 10.8 Å². The average molecular weight is 763 g/mol. The molecule has 0 fully saturated rings. The van der Waals surface area contributed by atoms with Gasteiger partial charge in [0.2, 0.25) is 0 Å². The summed E-state index contributed by atoms with van der Waals surface area (Å²) in [6.45, 7) is 0. The van der Waals surface area contributed by atoms with Crippen LogP contribution in [0.1, 0.15) is 22.3 Å². The summed E-state index contributed by atoms with van der Waals surface area (Å²) >= 11 is 9.08. The fourth-order valence-electron chi connectivity index (χ4n) is 9.54. The van der Waals surface area contributed by atoms with Gasteiger partial charge in [-0.3, -0.25) is 0 Å². The number of para-hydroxylation sites is 1. The average Bonchev–Trinajstić information content (AvgIpc) is 3.56. The monoisotopic (exact) mass is 762 g/mol. The molecule has 4 heteroatoms. The molecule has 266 valence electrons. The number of aromatic nitrogens is 2. The highest BCUT2D eigenvalue weighted by Gasteiger charge is 2.50. The minimum atomic E-state index is -0.512. The Morgan fingerprint density at radius 3 is 1.77 bits per heavy atom. The summed E-state index contributed by atoms with van der Waals surface area (Å²) in [6, 6.07) is 67.7. The quantitative estimate of drug-likeness (QED) is 0.179. The summed E-state index contributed by atoms with van der Waals surface area (Å²) in [5.74, 6) is 0.654. The molecule has 0 saturated carbocycles. The van der Waals surface area contributed by atoms with Crippen molar-refractivity contribution >= 4 is 55.8 Å². The van der Waals surface area contributed by atoms with E-state index in [1.165, 1.54) is 65.1 Å². The van der Waals surface area contributed by atoms with Gasteiger partial charge in [-0.15, -0.1) is 0 Å². The third-order valence-electron chi connectivity index (χ3n) is 12.0. The summed E-state index contributed by atoms with van der Waals surface area (Å²) < 4.78 is 0. The Morgan fingerprint density at radius 2 is 1.00 bits per heavy atom.